The van der Waals surface area contributed by atoms with Crippen LogP contribution in [0.4, 0.5) is 0 Å². The second-order valence-corrected chi connectivity index (χ2v) is 11.2. The zero-order valence-corrected chi connectivity index (χ0v) is 23.6. The lowest BCUT2D eigenvalue weighted by Crippen LogP contribution is -2.44. The van der Waals surface area contributed by atoms with Crippen LogP contribution in [0.3, 0.4) is 0 Å². The molecular formula is C34H43NO4. The molecular weight excluding hydrogens is 486 g/mol. The lowest BCUT2D eigenvalue weighted by molar-refractivity contribution is -0.148. The Morgan fingerprint density at radius 1 is 0.897 bits per heavy atom. The van der Waals surface area contributed by atoms with Crippen molar-refractivity contribution >= 4 is 5.97 Å². The molecule has 1 aliphatic heterocycles. The Kier molecular flexibility index (Phi) is 9.60. The quantitative estimate of drug-likeness (QED) is 0.299. The number of aliphatic hydroxyl groups excluding tert-OH is 1. The Labute approximate surface area is 233 Å². The van der Waals surface area contributed by atoms with Crippen molar-refractivity contribution < 1.29 is 19.7 Å². The molecule has 1 saturated heterocycles. The van der Waals surface area contributed by atoms with Crippen LogP contribution in [0.5, 0.6) is 0 Å². The van der Waals surface area contributed by atoms with Gasteiger partial charge in [0.1, 0.15) is 5.60 Å². The van der Waals surface area contributed by atoms with Crippen LogP contribution in [0.15, 0.2) is 84.9 Å². The summed E-state index contributed by atoms with van der Waals surface area (Å²) in [7, 11) is 0. The number of piperidine rings is 1. The van der Waals surface area contributed by atoms with Crippen LogP contribution in [-0.2, 0) is 20.5 Å². The van der Waals surface area contributed by atoms with Gasteiger partial charge >= 0.3 is 5.97 Å². The van der Waals surface area contributed by atoms with Crippen LogP contribution in [-0.4, -0.2) is 47.3 Å². The summed E-state index contributed by atoms with van der Waals surface area (Å²) < 4.78 is 5.21. The third-order valence-corrected chi connectivity index (χ3v) is 8.36. The molecule has 5 nitrogen and oxygen atoms in total. The summed E-state index contributed by atoms with van der Waals surface area (Å²) >= 11 is 0. The van der Waals surface area contributed by atoms with Gasteiger partial charge in [0.05, 0.1) is 18.1 Å². The number of benzene rings is 3. The molecule has 0 aliphatic carbocycles. The summed E-state index contributed by atoms with van der Waals surface area (Å²) in [5, 5.41) is 22.9. The lowest BCUT2D eigenvalue weighted by atomic mass is 9.72. The number of likely N-dealkylation sites (tertiary alicyclic amines) is 1. The van der Waals surface area contributed by atoms with Crippen LogP contribution in [0, 0.1) is 5.92 Å². The van der Waals surface area contributed by atoms with E-state index in [4.69, 9.17) is 4.74 Å². The van der Waals surface area contributed by atoms with Crippen molar-refractivity contribution in [3.8, 4) is 0 Å². The first-order valence-electron chi connectivity index (χ1n) is 14.3. The zero-order valence-electron chi connectivity index (χ0n) is 23.6. The molecule has 0 spiro atoms. The van der Waals surface area contributed by atoms with Gasteiger partial charge in [-0.05, 0) is 94.3 Å². The van der Waals surface area contributed by atoms with Crippen molar-refractivity contribution in [3.63, 3.8) is 0 Å². The molecule has 3 aromatic carbocycles. The molecule has 0 aromatic heterocycles. The fraction of sp³-hybridized carbons (Fsp3) is 0.441. The molecule has 2 N–H and O–H groups in total. The Morgan fingerprint density at radius 2 is 1.44 bits per heavy atom. The molecule has 1 fully saturated rings. The van der Waals surface area contributed by atoms with E-state index in [1.54, 1.807) is 0 Å². The van der Waals surface area contributed by atoms with Crippen LogP contribution in [0.1, 0.15) is 74.8 Å². The van der Waals surface area contributed by atoms with Gasteiger partial charge in [0.25, 0.3) is 0 Å². The van der Waals surface area contributed by atoms with Crippen molar-refractivity contribution in [1.29, 1.82) is 0 Å². The lowest BCUT2D eigenvalue weighted by Gasteiger charge is -2.42. The largest absolute Gasteiger partial charge is 0.465 e. The van der Waals surface area contributed by atoms with Gasteiger partial charge in [-0.25, -0.2) is 0 Å². The predicted molar refractivity (Wildman–Crippen MR) is 155 cm³/mol. The minimum atomic E-state index is -1.00. The smallest absolute Gasteiger partial charge is 0.315 e. The molecule has 0 bridgehead atoms. The molecule has 1 aliphatic rings. The molecule has 0 unspecified atom stereocenters. The first kappa shape index (κ1) is 29.0. The topological polar surface area (TPSA) is 70.0 Å². The highest BCUT2D eigenvalue weighted by atomic mass is 16.5. The van der Waals surface area contributed by atoms with E-state index >= 15 is 0 Å². The van der Waals surface area contributed by atoms with Gasteiger partial charge in [-0.1, -0.05) is 84.9 Å². The van der Waals surface area contributed by atoms with Crippen molar-refractivity contribution in [2.45, 2.75) is 63.6 Å². The van der Waals surface area contributed by atoms with Gasteiger partial charge < -0.3 is 19.8 Å². The zero-order chi connectivity index (χ0) is 27.9. The highest BCUT2D eigenvalue weighted by molar-refractivity contribution is 5.82. The first-order valence-corrected chi connectivity index (χ1v) is 14.3. The average Bonchev–Trinajstić information content (AvgIpc) is 2.98. The fourth-order valence-corrected chi connectivity index (χ4v) is 5.82. The molecule has 0 amide bonds. The first-order chi connectivity index (χ1) is 18.8. The Bertz CT molecular complexity index is 1130. The van der Waals surface area contributed by atoms with E-state index in [1.165, 1.54) is 0 Å². The predicted octanol–water partition coefficient (Wildman–Crippen LogP) is 5.99. The number of hydrogen-bond donors (Lipinski definition) is 2. The van der Waals surface area contributed by atoms with E-state index in [0.717, 1.165) is 61.2 Å². The molecule has 0 saturated carbocycles. The summed E-state index contributed by atoms with van der Waals surface area (Å²) in [6.45, 7) is 8.68. The van der Waals surface area contributed by atoms with Gasteiger partial charge in [-0.15, -0.1) is 0 Å². The van der Waals surface area contributed by atoms with Gasteiger partial charge in [-0.2, -0.15) is 0 Å². The van der Waals surface area contributed by atoms with Crippen molar-refractivity contribution in [2.24, 2.45) is 5.92 Å². The molecule has 208 valence electrons. The van der Waals surface area contributed by atoms with Crippen molar-refractivity contribution in [3.05, 3.63) is 107 Å². The average molecular weight is 530 g/mol. The minimum absolute atomic E-state index is 0.140. The van der Waals surface area contributed by atoms with Crippen molar-refractivity contribution in [1.82, 2.24) is 4.90 Å². The molecule has 5 heteroatoms. The standard InChI is InChI=1S/C34H43NO4/c1-4-39-32(37)33(2,3)27-19-17-26(18-20-27)31(36)16-11-23-35-24-21-30(22-25-35)34(38,28-12-7-5-8-13-28)29-14-9-6-10-15-29/h5-10,12-15,17-20,30-31,36,38H,4,11,16,21-25H2,1-3H3/t31-/m1/s1. The maximum Gasteiger partial charge on any atom is 0.315 e. The van der Waals surface area contributed by atoms with Gasteiger partial charge in [0, 0.05) is 0 Å². The number of esters is 1. The van der Waals surface area contributed by atoms with Crippen LogP contribution < -0.4 is 0 Å². The number of rotatable bonds is 11. The van der Waals surface area contributed by atoms with E-state index in [0.29, 0.717) is 13.0 Å². The third kappa shape index (κ3) is 6.60. The maximum absolute atomic E-state index is 12.3. The van der Waals surface area contributed by atoms with Crippen LogP contribution in [0.2, 0.25) is 0 Å². The third-order valence-electron chi connectivity index (χ3n) is 8.36. The van der Waals surface area contributed by atoms with Crippen LogP contribution >= 0.6 is 0 Å². The highest BCUT2D eigenvalue weighted by Crippen LogP contribution is 2.42. The fourth-order valence-electron chi connectivity index (χ4n) is 5.82. The number of nitrogens with zero attached hydrogens (tertiary/aromatic N) is 1. The Hall–Kier alpha value is -2.99. The second-order valence-electron chi connectivity index (χ2n) is 11.2. The second kappa shape index (κ2) is 12.9. The number of carbonyl (C=O) groups is 1. The minimum Gasteiger partial charge on any atom is -0.465 e. The summed E-state index contributed by atoms with van der Waals surface area (Å²) in [6.07, 6.45) is 2.87. The van der Waals surface area contributed by atoms with Crippen LogP contribution in [0.25, 0.3) is 0 Å². The summed E-state index contributed by atoms with van der Waals surface area (Å²) in [5.41, 5.74) is 1.93. The Morgan fingerprint density at radius 3 is 1.95 bits per heavy atom. The van der Waals surface area contributed by atoms with E-state index in [-0.39, 0.29) is 11.9 Å². The normalized spacial score (nSPS) is 16.1. The summed E-state index contributed by atoms with van der Waals surface area (Å²) in [5.74, 6) is -0.102. The van der Waals surface area contributed by atoms with E-state index < -0.39 is 17.1 Å². The summed E-state index contributed by atoms with van der Waals surface area (Å²) in [6, 6.07) is 27.8. The SMILES string of the molecule is CCOC(=O)C(C)(C)c1ccc([C@H](O)CCCN2CCC(C(O)(c3ccccc3)c3ccccc3)CC2)cc1. The molecule has 1 atom stereocenters. The number of ether oxygens (including phenoxy) is 1. The van der Waals surface area contributed by atoms with E-state index in [9.17, 15) is 15.0 Å². The van der Waals surface area contributed by atoms with Gasteiger partial charge in [0.2, 0.25) is 0 Å². The summed E-state index contributed by atoms with van der Waals surface area (Å²) in [4.78, 5) is 14.8. The highest BCUT2D eigenvalue weighted by Gasteiger charge is 2.41. The molecule has 0 radical (unpaired) electrons. The maximum atomic E-state index is 12.3. The van der Waals surface area contributed by atoms with Crippen molar-refractivity contribution in [2.75, 3.05) is 26.2 Å². The molecule has 39 heavy (non-hydrogen) atoms. The number of hydrogen-bond acceptors (Lipinski definition) is 5. The molecule has 1 heterocycles. The number of aliphatic hydroxyl groups is 2. The van der Waals surface area contributed by atoms with Gasteiger partial charge in [0.15, 0.2) is 0 Å². The molecule has 3 aromatic rings. The van der Waals surface area contributed by atoms with E-state index in [2.05, 4.69) is 4.90 Å². The Balaban J connectivity index is 1.30. The van der Waals surface area contributed by atoms with Gasteiger partial charge in [-0.3, -0.25) is 4.79 Å². The monoisotopic (exact) mass is 529 g/mol. The van der Waals surface area contributed by atoms with E-state index in [1.807, 2.05) is 106 Å². The molecule has 4 rings (SSSR count). The number of carbonyl (C=O) groups excluding carboxylic acids is 1.